The van der Waals surface area contributed by atoms with Gasteiger partial charge in [-0.15, -0.1) is 0 Å². The molecular weight excluding hydrogens is 261 g/mol. The Kier molecular flexibility index (Phi) is 6.14. The number of rotatable bonds is 5. The van der Waals surface area contributed by atoms with E-state index in [9.17, 15) is 8.78 Å². The molecule has 0 heterocycles. The van der Waals surface area contributed by atoms with Crippen LogP contribution in [-0.4, -0.2) is 4.83 Å². The summed E-state index contributed by atoms with van der Waals surface area (Å²) in [5.74, 6) is 0. The van der Waals surface area contributed by atoms with Crippen molar-refractivity contribution in [1.29, 1.82) is 0 Å². The van der Waals surface area contributed by atoms with Gasteiger partial charge in [0.15, 0.2) is 0 Å². The Morgan fingerprint density at radius 3 is 1.85 bits per heavy atom. The first-order valence-electron chi connectivity index (χ1n) is 4.38. The highest BCUT2D eigenvalue weighted by Crippen LogP contribution is 2.38. The first-order chi connectivity index (χ1) is 5.93. The highest BCUT2D eigenvalue weighted by atomic mass is 79.9. The van der Waals surface area contributed by atoms with Gasteiger partial charge in [-0.05, 0) is 34.3 Å². The molecule has 0 aliphatic heterocycles. The third-order valence-corrected chi connectivity index (χ3v) is 2.79. The molecule has 0 atom stereocenters. The minimum absolute atomic E-state index is 0.337. The van der Waals surface area contributed by atoms with Crippen LogP contribution in [-0.2, 0) is 0 Å². The van der Waals surface area contributed by atoms with Crippen molar-refractivity contribution in [2.24, 2.45) is 0 Å². The predicted molar refractivity (Wildman–Crippen MR) is 56.6 cm³/mol. The summed E-state index contributed by atoms with van der Waals surface area (Å²) in [5, 5.41) is -0.337. The van der Waals surface area contributed by atoms with Gasteiger partial charge in [0.05, 0.1) is 5.03 Å². The van der Waals surface area contributed by atoms with Crippen LogP contribution in [0.2, 0.25) is 0 Å². The summed E-state index contributed by atoms with van der Waals surface area (Å²) >= 11 is 7.82. The molecule has 0 saturated heterocycles. The second kappa shape index (κ2) is 5.97. The normalized spacial score (nSPS) is 11.5. The summed E-state index contributed by atoms with van der Waals surface area (Å²) in [5.41, 5.74) is 0.661. The molecule has 0 saturated carbocycles. The SMILES string of the molecule is CCCC(CCC)=C(Cl)C(F)(F)Br. The molecule has 0 aliphatic carbocycles. The average Bonchev–Trinajstić information content (AvgIpc) is 2.01. The van der Waals surface area contributed by atoms with Gasteiger partial charge in [-0.2, -0.15) is 8.78 Å². The zero-order valence-corrected chi connectivity index (χ0v) is 10.2. The van der Waals surface area contributed by atoms with E-state index in [0.29, 0.717) is 18.4 Å². The van der Waals surface area contributed by atoms with Crippen molar-refractivity contribution in [2.45, 2.75) is 44.4 Å². The van der Waals surface area contributed by atoms with E-state index in [1.165, 1.54) is 0 Å². The Labute approximate surface area is 91.5 Å². The molecule has 0 N–H and O–H groups in total. The third kappa shape index (κ3) is 4.96. The third-order valence-electron chi connectivity index (χ3n) is 1.66. The fourth-order valence-electron chi connectivity index (χ4n) is 1.15. The van der Waals surface area contributed by atoms with Gasteiger partial charge in [-0.1, -0.05) is 38.3 Å². The first-order valence-corrected chi connectivity index (χ1v) is 5.55. The molecule has 78 valence electrons. The van der Waals surface area contributed by atoms with Crippen LogP contribution in [0, 0.1) is 0 Å². The molecule has 0 spiro atoms. The standard InChI is InChI=1S/C9H14BrClF2/c1-3-5-7(6-4-2)8(11)9(10,12)13/h3-6H2,1-2H3. The molecule has 13 heavy (non-hydrogen) atoms. The van der Waals surface area contributed by atoms with Crippen LogP contribution in [0.5, 0.6) is 0 Å². The van der Waals surface area contributed by atoms with Gasteiger partial charge in [0.25, 0.3) is 0 Å². The average molecular weight is 276 g/mol. The van der Waals surface area contributed by atoms with Crippen molar-refractivity contribution in [3.05, 3.63) is 10.6 Å². The van der Waals surface area contributed by atoms with Crippen LogP contribution in [0.1, 0.15) is 39.5 Å². The van der Waals surface area contributed by atoms with E-state index in [0.717, 1.165) is 12.8 Å². The molecule has 0 amide bonds. The highest BCUT2D eigenvalue weighted by molar-refractivity contribution is 9.10. The van der Waals surface area contributed by atoms with Crippen LogP contribution in [0.4, 0.5) is 8.78 Å². The Morgan fingerprint density at radius 1 is 1.23 bits per heavy atom. The molecule has 0 bridgehead atoms. The first kappa shape index (κ1) is 13.4. The molecule has 0 radical (unpaired) electrons. The zero-order valence-electron chi connectivity index (χ0n) is 7.84. The summed E-state index contributed by atoms with van der Waals surface area (Å²) in [4.78, 5) is -3.06. The van der Waals surface area contributed by atoms with Crippen LogP contribution in [0.15, 0.2) is 10.6 Å². The maximum absolute atomic E-state index is 12.7. The Hall–Kier alpha value is 0.370. The number of allylic oxidation sites excluding steroid dienone is 2. The molecule has 0 aromatic carbocycles. The van der Waals surface area contributed by atoms with Gasteiger partial charge in [0.2, 0.25) is 0 Å². The Balaban J connectivity index is 4.63. The van der Waals surface area contributed by atoms with E-state index >= 15 is 0 Å². The molecule has 0 aliphatic rings. The molecule has 0 aromatic rings. The summed E-state index contributed by atoms with van der Waals surface area (Å²) in [6.45, 7) is 3.90. The number of hydrogen-bond acceptors (Lipinski definition) is 0. The van der Waals surface area contributed by atoms with Gasteiger partial charge in [0, 0.05) is 0 Å². The fourth-order valence-corrected chi connectivity index (χ4v) is 1.62. The Bertz CT molecular complexity index is 177. The smallest absolute Gasteiger partial charge is 0.187 e. The molecule has 0 fully saturated rings. The minimum atomic E-state index is -3.06. The monoisotopic (exact) mass is 274 g/mol. The lowest BCUT2D eigenvalue weighted by Gasteiger charge is -2.13. The number of hydrogen-bond donors (Lipinski definition) is 0. The lowest BCUT2D eigenvalue weighted by atomic mass is 10.1. The summed E-state index contributed by atoms with van der Waals surface area (Å²) in [7, 11) is 0. The second-order valence-corrected chi connectivity index (χ2v) is 4.29. The van der Waals surface area contributed by atoms with Crippen LogP contribution >= 0.6 is 27.5 Å². The van der Waals surface area contributed by atoms with Gasteiger partial charge >= 0.3 is 4.83 Å². The van der Waals surface area contributed by atoms with Crippen LogP contribution in [0.3, 0.4) is 0 Å². The summed E-state index contributed by atoms with van der Waals surface area (Å²) in [6.07, 6.45) is 2.98. The van der Waals surface area contributed by atoms with E-state index in [2.05, 4.69) is 15.9 Å². The Morgan fingerprint density at radius 2 is 1.62 bits per heavy atom. The number of halogens is 4. The largest absolute Gasteiger partial charge is 0.336 e. The van der Waals surface area contributed by atoms with E-state index in [1.54, 1.807) is 0 Å². The van der Waals surface area contributed by atoms with Crippen molar-refractivity contribution in [3.63, 3.8) is 0 Å². The zero-order chi connectivity index (χ0) is 10.5. The second-order valence-electron chi connectivity index (χ2n) is 2.92. The molecule has 0 nitrogen and oxygen atoms in total. The van der Waals surface area contributed by atoms with E-state index < -0.39 is 4.83 Å². The van der Waals surface area contributed by atoms with Crippen LogP contribution in [0.25, 0.3) is 0 Å². The fraction of sp³-hybridized carbons (Fsp3) is 0.778. The maximum atomic E-state index is 12.7. The number of alkyl halides is 3. The molecule has 0 aromatic heterocycles. The van der Waals surface area contributed by atoms with Crippen molar-refractivity contribution >= 4 is 27.5 Å². The maximum Gasteiger partial charge on any atom is 0.336 e. The van der Waals surface area contributed by atoms with Gasteiger partial charge in [-0.3, -0.25) is 0 Å². The topological polar surface area (TPSA) is 0 Å². The van der Waals surface area contributed by atoms with Crippen molar-refractivity contribution in [2.75, 3.05) is 0 Å². The summed E-state index contributed by atoms with van der Waals surface area (Å²) in [6, 6.07) is 0. The molecule has 4 heteroatoms. The van der Waals surface area contributed by atoms with Gasteiger partial charge < -0.3 is 0 Å². The van der Waals surface area contributed by atoms with E-state index in [4.69, 9.17) is 11.6 Å². The van der Waals surface area contributed by atoms with Gasteiger partial charge in [0.1, 0.15) is 0 Å². The lowest BCUT2D eigenvalue weighted by Crippen LogP contribution is -2.07. The molecule has 0 unspecified atom stereocenters. The van der Waals surface area contributed by atoms with E-state index in [1.807, 2.05) is 13.8 Å². The minimum Gasteiger partial charge on any atom is -0.187 e. The van der Waals surface area contributed by atoms with Crippen molar-refractivity contribution in [3.8, 4) is 0 Å². The van der Waals surface area contributed by atoms with Crippen molar-refractivity contribution < 1.29 is 8.78 Å². The van der Waals surface area contributed by atoms with Gasteiger partial charge in [-0.25, -0.2) is 0 Å². The van der Waals surface area contributed by atoms with Crippen LogP contribution < -0.4 is 0 Å². The summed E-state index contributed by atoms with van der Waals surface area (Å²) < 4.78 is 25.5. The highest BCUT2D eigenvalue weighted by Gasteiger charge is 2.30. The van der Waals surface area contributed by atoms with E-state index in [-0.39, 0.29) is 5.03 Å². The molecular formula is C9H14BrClF2. The lowest BCUT2D eigenvalue weighted by molar-refractivity contribution is 0.164. The quantitative estimate of drug-likeness (QED) is 0.615. The van der Waals surface area contributed by atoms with Crippen molar-refractivity contribution in [1.82, 2.24) is 0 Å². The predicted octanol–water partition coefficient (Wildman–Crippen LogP) is 5.07. The molecule has 0 rings (SSSR count).